The van der Waals surface area contributed by atoms with Crippen molar-refractivity contribution < 1.29 is 13.9 Å². The van der Waals surface area contributed by atoms with Gasteiger partial charge in [-0.1, -0.05) is 18.2 Å². The molecule has 1 heterocycles. The molecule has 0 bridgehead atoms. The summed E-state index contributed by atoms with van der Waals surface area (Å²) in [6.07, 6.45) is 0. The highest BCUT2D eigenvalue weighted by molar-refractivity contribution is 5.96. The molecule has 1 aromatic heterocycles. The van der Waals surface area contributed by atoms with Crippen LogP contribution in [0.2, 0.25) is 0 Å². The Morgan fingerprint density at radius 1 is 1.42 bits per heavy atom. The first kappa shape index (κ1) is 13.3. The Labute approximate surface area is 110 Å². The second-order valence-corrected chi connectivity index (χ2v) is 4.19. The molecule has 5 nitrogen and oxygen atoms in total. The number of nitrogens with one attached hydrogen (secondary N) is 1. The maximum atomic E-state index is 11.8. The number of methoxy groups -OCH3 is 1. The summed E-state index contributed by atoms with van der Waals surface area (Å²) in [5.74, 6) is -0.450. The Morgan fingerprint density at radius 3 is 2.95 bits per heavy atom. The van der Waals surface area contributed by atoms with E-state index in [9.17, 15) is 9.59 Å². The van der Waals surface area contributed by atoms with E-state index in [-0.39, 0.29) is 5.56 Å². The highest BCUT2D eigenvalue weighted by atomic mass is 16.5. The van der Waals surface area contributed by atoms with Gasteiger partial charge in [0, 0.05) is 19.0 Å². The van der Waals surface area contributed by atoms with Crippen LogP contribution in [0.5, 0.6) is 0 Å². The predicted octanol–water partition coefficient (Wildman–Crippen LogP) is 1.48. The number of rotatable bonds is 4. The van der Waals surface area contributed by atoms with Gasteiger partial charge in [-0.3, -0.25) is 4.79 Å². The molecule has 0 saturated carbocycles. The lowest BCUT2D eigenvalue weighted by Crippen LogP contribution is -2.30. The van der Waals surface area contributed by atoms with E-state index in [0.717, 1.165) is 10.9 Å². The van der Waals surface area contributed by atoms with Crippen molar-refractivity contribution in [3.05, 3.63) is 45.8 Å². The number of hydrogen-bond donors (Lipinski definition) is 1. The summed E-state index contributed by atoms with van der Waals surface area (Å²) >= 11 is 0. The smallest absolute Gasteiger partial charge is 0.349 e. The van der Waals surface area contributed by atoms with Crippen LogP contribution in [0.4, 0.5) is 0 Å². The fourth-order valence-corrected chi connectivity index (χ4v) is 1.81. The topological polar surface area (TPSA) is 68.5 Å². The van der Waals surface area contributed by atoms with Gasteiger partial charge >= 0.3 is 5.63 Å². The van der Waals surface area contributed by atoms with Crippen LogP contribution in [0.25, 0.3) is 11.0 Å². The van der Waals surface area contributed by atoms with Gasteiger partial charge in [-0.2, -0.15) is 0 Å². The van der Waals surface area contributed by atoms with Crippen molar-refractivity contribution in [1.82, 2.24) is 5.32 Å². The molecule has 0 saturated heterocycles. The number of carbonyl (C=O) groups is 1. The van der Waals surface area contributed by atoms with Gasteiger partial charge in [0.1, 0.15) is 11.1 Å². The van der Waals surface area contributed by atoms with Gasteiger partial charge in [-0.25, -0.2) is 4.79 Å². The van der Waals surface area contributed by atoms with Crippen LogP contribution in [0.1, 0.15) is 15.9 Å². The summed E-state index contributed by atoms with van der Waals surface area (Å²) in [4.78, 5) is 23.6. The molecule has 2 rings (SSSR count). The van der Waals surface area contributed by atoms with E-state index in [0.29, 0.717) is 18.7 Å². The largest absolute Gasteiger partial charge is 0.422 e. The van der Waals surface area contributed by atoms with Crippen LogP contribution in [-0.2, 0) is 4.74 Å². The molecule has 100 valence electrons. The van der Waals surface area contributed by atoms with Crippen molar-refractivity contribution >= 4 is 16.9 Å². The zero-order chi connectivity index (χ0) is 13.8. The summed E-state index contributed by atoms with van der Waals surface area (Å²) in [5, 5.41) is 3.33. The highest BCUT2D eigenvalue weighted by Crippen LogP contribution is 2.17. The monoisotopic (exact) mass is 261 g/mol. The van der Waals surface area contributed by atoms with Gasteiger partial charge in [0.2, 0.25) is 0 Å². The first-order chi connectivity index (χ1) is 9.13. The first-order valence-corrected chi connectivity index (χ1v) is 5.94. The summed E-state index contributed by atoms with van der Waals surface area (Å²) in [6.45, 7) is 2.59. The molecule has 19 heavy (non-hydrogen) atoms. The number of aryl methyl sites for hydroxylation is 1. The Kier molecular flexibility index (Phi) is 3.97. The maximum Gasteiger partial charge on any atom is 0.349 e. The molecule has 0 atom stereocenters. The van der Waals surface area contributed by atoms with Crippen LogP contribution in [-0.4, -0.2) is 26.2 Å². The number of amides is 1. The lowest BCUT2D eigenvalue weighted by molar-refractivity contribution is 0.0933. The lowest BCUT2D eigenvalue weighted by Gasteiger charge is -2.05. The zero-order valence-corrected chi connectivity index (χ0v) is 10.9. The van der Waals surface area contributed by atoms with Crippen molar-refractivity contribution in [2.75, 3.05) is 20.3 Å². The molecule has 0 radical (unpaired) electrons. The quantitative estimate of drug-likeness (QED) is 0.668. The maximum absolute atomic E-state index is 11.8. The SMILES string of the molecule is COCCNC(=O)c1cc2cccc(C)c2oc1=O. The van der Waals surface area contributed by atoms with Crippen molar-refractivity contribution in [2.45, 2.75) is 6.92 Å². The minimum Gasteiger partial charge on any atom is -0.422 e. The predicted molar refractivity (Wildman–Crippen MR) is 71.4 cm³/mol. The van der Waals surface area contributed by atoms with E-state index in [2.05, 4.69) is 5.32 Å². The van der Waals surface area contributed by atoms with Crippen LogP contribution in [0.3, 0.4) is 0 Å². The third kappa shape index (κ3) is 2.82. The standard InChI is InChI=1S/C14H15NO4/c1-9-4-3-5-10-8-11(14(17)19-12(9)10)13(16)15-6-7-18-2/h3-5,8H,6-7H2,1-2H3,(H,15,16). The summed E-state index contributed by atoms with van der Waals surface area (Å²) in [5.41, 5.74) is 0.757. The van der Waals surface area contributed by atoms with E-state index < -0.39 is 11.5 Å². The van der Waals surface area contributed by atoms with E-state index in [1.807, 2.05) is 19.1 Å². The van der Waals surface area contributed by atoms with Gasteiger partial charge < -0.3 is 14.5 Å². The molecule has 0 spiro atoms. The number of hydrogen-bond acceptors (Lipinski definition) is 4. The normalized spacial score (nSPS) is 10.6. The van der Waals surface area contributed by atoms with Crippen molar-refractivity contribution in [2.24, 2.45) is 0 Å². The summed E-state index contributed by atoms with van der Waals surface area (Å²) in [7, 11) is 1.54. The molecule has 0 aliphatic rings. The minimum absolute atomic E-state index is 0.00852. The molecular formula is C14H15NO4. The molecule has 0 aliphatic heterocycles. The number of ether oxygens (including phenoxy) is 1. The molecule has 5 heteroatoms. The Morgan fingerprint density at radius 2 is 2.21 bits per heavy atom. The summed E-state index contributed by atoms with van der Waals surface area (Å²) < 4.78 is 10.0. The minimum atomic E-state index is -0.628. The molecule has 2 aromatic rings. The van der Waals surface area contributed by atoms with E-state index >= 15 is 0 Å². The number of benzene rings is 1. The molecule has 1 N–H and O–H groups in total. The molecule has 0 fully saturated rings. The van der Waals surface area contributed by atoms with Gasteiger partial charge in [0.05, 0.1) is 6.61 Å². The van der Waals surface area contributed by atoms with Crippen LogP contribution in [0.15, 0.2) is 33.5 Å². The second-order valence-electron chi connectivity index (χ2n) is 4.19. The van der Waals surface area contributed by atoms with Crippen molar-refractivity contribution in [1.29, 1.82) is 0 Å². The second kappa shape index (κ2) is 5.67. The number of fused-ring (bicyclic) bond motifs is 1. The van der Waals surface area contributed by atoms with Crippen molar-refractivity contribution in [3.63, 3.8) is 0 Å². The Bertz CT molecular complexity index is 660. The van der Waals surface area contributed by atoms with Gasteiger partial charge in [0.15, 0.2) is 0 Å². The third-order valence-corrected chi connectivity index (χ3v) is 2.79. The van der Waals surface area contributed by atoms with E-state index in [1.165, 1.54) is 0 Å². The van der Waals surface area contributed by atoms with Crippen LogP contribution >= 0.6 is 0 Å². The number of carbonyl (C=O) groups excluding carboxylic acids is 1. The third-order valence-electron chi connectivity index (χ3n) is 2.79. The molecule has 0 aliphatic carbocycles. The van der Waals surface area contributed by atoms with Crippen LogP contribution in [0, 0.1) is 6.92 Å². The zero-order valence-electron chi connectivity index (χ0n) is 10.9. The van der Waals surface area contributed by atoms with Gasteiger partial charge in [0.25, 0.3) is 5.91 Å². The fourth-order valence-electron chi connectivity index (χ4n) is 1.81. The summed E-state index contributed by atoms with van der Waals surface area (Å²) in [6, 6.07) is 7.06. The Hall–Kier alpha value is -2.14. The number of para-hydroxylation sites is 1. The van der Waals surface area contributed by atoms with Gasteiger partial charge in [-0.15, -0.1) is 0 Å². The molecule has 1 aromatic carbocycles. The van der Waals surface area contributed by atoms with E-state index in [1.54, 1.807) is 19.2 Å². The molecule has 0 unspecified atom stereocenters. The molecule has 1 amide bonds. The average molecular weight is 261 g/mol. The van der Waals surface area contributed by atoms with Gasteiger partial charge in [-0.05, 0) is 18.6 Å². The fraction of sp³-hybridized carbons (Fsp3) is 0.286. The highest BCUT2D eigenvalue weighted by Gasteiger charge is 2.13. The van der Waals surface area contributed by atoms with Crippen LogP contribution < -0.4 is 10.9 Å². The van der Waals surface area contributed by atoms with Crippen molar-refractivity contribution in [3.8, 4) is 0 Å². The lowest BCUT2D eigenvalue weighted by atomic mass is 10.1. The first-order valence-electron chi connectivity index (χ1n) is 5.94. The molecular weight excluding hydrogens is 246 g/mol. The Balaban J connectivity index is 2.36. The van der Waals surface area contributed by atoms with E-state index in [4.69, 9.17) is 9.15 Å². The average Bonchev–Trinajstić information content (AvgIpc) is 2.39.